The van der Waals surface area contributed by atoms with E-state index in [4.69, 9.17) is 24.7 Å². The van der Waals surface area contributed by atoms with Crippen LogP contribution < -0.4 is 25.6 Å². The Kier molecular flexibility index (Phi) is 17.3. The minimum Gasteiger partial charge on any atom is -0.507 e. The Morgan fingerprint density at radius 3 is 2.29 bits per heavy atom. The molecule has 4 aliphatic heterocycles. The molecular weight excluding hydrogens is 1020 g/mol. The van der Waals surface area contributed by atoms with E-state index in [9.17, 15) is 24.6 Å². The van der Waals surface area contributed by atoms with Crippen molar-refractivity contribution in [3.8, 4) is 45.2 Å². The molecule has 3 aromatic carbocycles. The number of fused-ring (bicyclic) bond motifs is 3. The number of pyridine rings is 1. The van der Waals surface area contributed by atoms with Gasteiger partial charge in [-0.15, -0.1) is 21.5 Å². The summed E-state index contributed by atoms with van der Waals surface area (Å²) in [5, 5.41) is 32.7. The number of aromatic nitrogens is 4. The number of para-hydroxylation sites is 1. The average Bonchev–Trinajstić information content (AvgIpc) is 4.36. The Balaban J connectivity index is 0.609. The van der Waals surface area contributed by atoms with Crippen molar-refractivity contribution < 1.29 is 43.5 Å². The molecule has 4 aliphatic rings. The molecule has 79 heavy (non-hydrogen) atoms. The highest BCUT2D eigenvalue weighted by molar-refractivity contribution is 7.13. The zero-order chi connectivity index (χ0) is 55.0. The lowest BCUT2D eigenvalue weighted by Gasteiger charge is -2.43. The molecule has 2 unspecified atom stereocenters. The van der Waals surface area contributed by atoms with E-state index < -0.39 is 24.2 Å². The fraction of sp³-hybridized carbons (Fsp3) is 0.407. The summed E-state index contributed by atoms with van der Waals surface area (Å²) in [5.74, 6) is 6.12. The third kappa shape index (κ3) is 12.5. The number of nitrogens with two attached hydrogens (primary N) is 1. The smallest absolute Gasteiger partial charge is 0.255 e. The van der Waals surface area contributed by atoms with Crippen LogP contribution in [0.2, 0.25) is 0 Å². The summed E-state index contributed by atoms with van der Waals surface area (Å²) in [6.07, 6.45) is 3.13. The first-order chi connectivity index (χ1) is 38.4. The number of hydrogen-bond acceptors (Lipinski definition) is 17. The monoisotopic (exact) mass is 1090 g/mol. The lowest BCUT2D eigenvalue weighted by molar-refractivity contribution is -0.143. The molecule has 20 heteroatoms. The van der Waals surface area contributed by atoms with Crippen molar-refractivity contribution in [1.29, 1.82) is 0 Å². The fourth-order valence-corrected chi connectivity index (χ4v) is 11.9. The largest absolute Gasteiger partial charge is 0.507 e. The van der Waals surface area contributed by atoms with Crippen molar-refractivity contribution in [2.45, 2.75) is 82.9 Å². The number of carbonyl (C=O) groups is 3. The van der Waals surface area contributed by atoms with Crippen LogP contribution in [-0.4, -0.2) is 154 Å². The van der Waals surface area contributed by atoms with Crippen LogP contribution in [0, 0.1) is 17.8 Å². The normalized spacial score (nSPS) is 19.3. The molecule has 5 N–H and O–H groups in total. The average molecular weight is 1090 g/mol. The van der Waals surface area contributed by atoms with Crippen LogP contribution in [0.4, 0.5) is 17.2 Å². The van der Waals surface area contributed by atoms with E-state index in [0.717, 1.165) is 58.9 Å². The topological polar surface area (TPSA) is 231 Å². The predicted molar refractivity (Wildman–Crippen MR) is 299 cm³/mol. The molecule has 3 amide bonds. The first-order valence-electron chi connectivity index (χ1n) is 26.9. The Morgan fingerprint density at radius 2 is 1.56 bits per heavy atom. The molecule has 0 saturated carbocycles. The third-order valence-corrected chi connectivity index (χ3v) is 15.8. The van der Waals surface area contributed by atoms with Gasteiger partial charge in [-0.25, -0.2) is 9.97 Å². The van der Waals surface area contributed by atoms with Gasteiger partial charge in [0.15, 0.2) is 5.82 Å². The van der Waals surface area contributed by atoms with Gasteiger partial charge in [0.25, 0.3) is 5.91 Å². The number of ether oxygens (including phenoxy) is 4. The highest BCUT2D eigenvalue weighted by Crippen LogP contribution is 2.40. The van der Waals surface area contributed by atoms with Gasteiger partial charge in [-0.05, 0) is 78.6 Å². The number of aliphatic hydroxyl groups excluding tert-OH is 1. The van der Waals surface area contributed by atoms with E-state index in [0.29, 0.717) is 80.4 Å². The van der Waals surface area contributed by atoms with Crippen LogP contribution in [0.3, 0.4) is 0 Å². The van der Waals surface area contributed by atoms with E-state index in [2.05, 4.69) is 47.1 Å². The Morgan fingerprint density at radius 1 is 0.848 bits per heavy atom. The molecule has 19 nitrogen and oxygen atoms in total. The summed E-state index contributed by atoms with van der Waals surface area (Å²) in [6, 6.07) is 26.7. The number of aliphatic hydroxyl groups is 1. The van der Waals surface area contributed by atoms with Gasteiger partial charge in [-0.2, -0.15) is 0 Å². The van der Waals surface area contributed by atoms with Gasteiger partial charge in [0.1, 0.15) is 36.7 Å². The standard InChI is InChI=1S/C59H66N10O9S/c1-37(2)54(68-32-41-9-4-5-10-46(41)58(68)73)59(74)67-35-45(70)30-51(67)57(72)63-38(3)39-14-16-40(17-15-39)55-48(62-36-79-55)12-8-22-75-23-24-76-25-26-77-27-28-78-53-29-42(20-21-61-53)69-43-18-19-44(69)34-66(33-43)50-31-49(64-65-56(50)60)47-11-6-7-13-52(47)71/h4-7,9-11,13-17,20-21,29,31,36-38,43-45,51,54,70-71H,18-19,22-28,30,32-35H2,1-3H3,(H2,60,65)(H,63,72)/t38-,43?,44?,45+,51-,54-/m0/s1. The van der Waals surface area contributed by atoms with Crippen LogP contribution in [0.5, 0.6) is 11.6 Å². The summed E-state index contributed by atoms with van der Waals surface area (Å²) < 4.78 is 23.1. The maximum Gasteiger partial charge on any atom is 0.255 e. The lowest BCUT2D eigenvalue weighted by Crippen LogP contribution is -2.55. The molecule has 0 radical (unpaired) electrons. The number of amides is 3. The number of phenolic OH excluding ortho intramolecular Hbond substituents is 1. The quantitative estimate of drug-likeness (QED) is 0.0471. The van der Waals surface area contributed by atoms with Gasteiger partial charge in [0, 0.05) is 73.8 Å². The molecule has 7 heterocycles. The first kappa shape index (κ1) is 54.7. The van der Waals surface area contributed by atoms with Crippen molar-refractivity contribution in [3.05, 3.63) is 125 Å². The summed E-state index contributed by atoms with van der Waals surface area (Å²) in [4.78, 5) is 59.0. The SMILES string of the molecule is CC(C)[C@@H](C(=O)N1C[C@H](O)C[C@H]1C(=O)N[C@@H](C)c1ccc(-c2scnc2C#CCOCCOCCOCCOc2cc(N3C4CCC3CN(c3cc(-c5ccccc5O)nnc3N)C4)ccn2)cc1)N1Cc2ccccc2C1=O. The molecule has 3 fully saturated rings. The Bertz CT molecular complexity index is 3170. The zero-order valence-corrected chi connectivity index (χ0v) is 45.4. The molecule has 3 aromatic heterocycles. The summed E-state index contributed by atoms with van der Waals surface area (Å²) in [7, 11) is 0. The predicted octanol–water partition coefficient (Wildman–Crippen LogP) is 6.11. The second-order valence-electron chi connectivity index (χ2n) is 20.6. The molecule has 3 saturated heterocycles. The van der Waals surface area contributed by atoms with Crippen molar-refractivity contribution in [2.75, 3.05) is 81.4 Å². The van der Waals surface area contributed by atoms with Crippen LogP contribution >= 0.6 is 11.3 Å². The number of carbonyl (C=O) groups excluding carboxylic acids is 3. The van der Waals surface area contributed by atoms with E-state index in [1.54, 1.807) is 34.8 Å². The van der Waals surface area contributed by atoms with Crippen LogP contribution in [0.1, 0.15) is 73.3 Å². The summed E-state index contributed by atoms with van der Waals surface area (Å²) >= 11 is 1.48. The van der Waals surface area contributed by atoms with Crippen molar-refractivity contribution >= 4 is 46.3 Å². The highest BCUT2D eigenvalue weighted by Gasteiger charge is 2.46. The molecule has 0 spiro atoms. The summed E-state index contributed by atoms with van der Waals surface area (Å²) in [6.45, 7) is 10.1. The number of likely N-dealkylation sites (tertiary alicyclic amines) is 1. The van der Waals surface area contributed by atoms with Crippen LogP contribution in [-0.2, 0) is 30.3 Å². The number of β-amino-alcohol motifs (C(OH)–C–C–N with tert-alkyl or cyclic N) is 1. The molecule has 0 aliphatic carbocycles. The number of nitrogens with one attached hydrogen (secondary N) is 1. The van der Waals surface area contributed by atoms with Crippen LogP contribution in [0.25, 0.3) is 21.7 Å². The second-order valence-corrected chi connectivity index (χ2v) is 21.4. The number of nitrogens with zero attached hydrogens (tertiary/aromatic N) is 8. The molecule has 6 aromatic rings. The van der Waals surface area contributed by atoms with E-state index >= 15 is 0 Å². The van der Waals surface area contributed by atoms with Gasteiger partial charge in [0.05, 0.1) is 66.9 Å². The minimum absolute atomic E-state index is 0.0180. The summed E-state index contributed by atoms with van der Waals surface area (Å²) in [5.41, 5.74) is 15.1. The number of rotatable bonds is 21. The van der Waals surface area contributed by atoms with E-state index in [1.165, 1.54) is 16.2 Å². The van der Waals surface area contributed by atoms with Gasteiger partial charge in [0.2, 0.25) is 17.7 Å². The van der Waals surface area contributed by atoms with Crippen molar-refractivity contribution in [3.63, 3.8) is 0 Å². The Hall–Kier alpha value is -7.67. The van der Waals surface area contributed by atoms with Crippen molar-refractivity contribution in [1.82, 2.24) is 35.3 Å². The Labute approximate surface area is 463 Å². The number of piperazine rings is 1. The van der Waals surface area contributed by atoms with Crippen molar-refractivity contribution in [2.24, 2.45) is 5.92 Å². The van der Waals surface area contributed by atoms with E-state index in [1.807, 2.05) is 93.6 Å². The number of anilines is 3. The number of hydrogen-bond donors (Lipinski definition) is 4. The number of nitrogen functional groups attached to an aromatic ring is 1. The number of benzene rings is 3. The maximum absolute atomic E-state index is 14.2. The van der Waals surface area contributed by atoms with Crippen LogP contribution in [0.15, 0.2) is 103 Å². The molecular formula is C59H66N10O9S. The molecule has 6 atom stereocenters. The zero-order valence-electron chi connectivity index (χ0n) is 44.6. The molecule has 10 rings (SSSR count). The highest BCUT2D eigenvalue weighted by atomic mass is 32.1. The number of thiazole rings is 1. The second kappa shape index (κ2) is 25.0. The van der Waals surface area contributed by atoms with Gasteiger partial charge < -0.3 is 59.8 Å². The molecule has 2 bridgehead atoms. The third-order valence-electron chi connectivity index (χ3n) is 15.0. The fourth-order valence-electron chi connectivity index (χ4n) is 11.1. The first-order valence-corrected chi connectivity index (χ1v) is 27.8. The van der Waals surface area contributed by atoms with Gasteiger partial charge >= 0.3 is 0 Å². The maximum atomic E-state index is 14.2. The minimum atomic E-state index is -0.877. The van der Waals surface area contributed by atoms with E-state index in [-0.39, 0.29) is 61.0 Å². The lowest BCUT2D eigenvalue weighted by atomic mass is 10.00. The molecule has 412 valence electrons. The van der Waals surface area contributed by atoms with Gasteiger partial charge in [-0.1, -0.05) is 74.4 Å². The van der Waals surface area contributed by atoms with Gasteiger partial charge in [-0.3, -0.25) is 14.4 Å². The number of aromatic hydroxyl groups is 1. The number of phenols is 1.